The van der Waals surface area contributed by atoms with Gasteiger partial charge in [-0.1, -0.05) is 30.3 Å². The minimum absolute atomic E-state index is 0.0176. The minimum atomic E-state index is -4.93. The summed E-state index contributed by atoms with van der Waals surface area (Å²) in [7, 11) is 0. The molecule has 2 N–H and O–H groups in total. The van der Waals surface area contributed by atoms with Crippen LogP contribution in [0, 0.1) is 0 Å². The second kappa shape index (κ2) is 11.0. The quantitative estimate of drug-likeness (QED) is 0.495. The van der Waals surface area contributed by atoms with Crippen LogP contribution in [0.4, 0.5) is 26.3 Å². The summed E-state index contributed by atoms with van der Waals surface area (Å²) in [4.78, 5) is 11.8. The highest BCUT2D eigenvalue weighted by Gasteiger charge is 2.38. The lowest BCUT2D eigenvalue weighted by molar-refractivity contribution is -0.143. The Hall–Kier alpha value is -2.59. The van der Waals surface area contributed by atoms with Crippen LogP contribution in [0.5, 0.6) is 0 Å². The van der Waals surface area contributed by atoms with E-state index in [0.717, 1.165) is 5.56 Å². The number of benzene rings is 2. The second-order valence-electron chi connectivity index (χ2n) is 8.72. The Labute approximate surface area is 200 Å². The maximum Gasteiger partial charge on any atom is 0.416 e. The van der Waals surface area contributed by atoms with Crippen LogP contribution in [0.3, 0.4) is 0 Å². The zero-order chi connectivity index (χ0) is 25.7. The summed E-state index contributed by atoms with van der Waals surface area (Å²) in [5, 5.41) is 6.31. The molecule has 0 radical (unpaired) electrons. The number of rotatable bonds is 5. The number of ether oxygens (including phenoxy) is 1. The highest BCUT2D eigenvalue weighted by Crippen LogP contribution is 2.38. The van der Waals surface area contributed by atoms with Crippen molar-refractivity contribution in [2.45, 2.75) is 56.6 Å². The van der Waals surface area contributed by atoms with Gasteiger partial charge in [0.15, 0.2) is 0 Å². The van der Waals surface area contributed by atoms with Crippen LogP contribution in [0.15, 0.2) is 48.5 Å². The van der Waals surface area contributed by atoms with Gasteiger partial charge in [0.2, 0.25) is 5.91 Å². The Balaban J connectivity index is 1.89. The molecule has 1 saturated heterocycles. The summed E-state index contributed by atoms with van der Waals surface area (Å²) in [5.74, 6) is -0.0334. The van der Waals surface area contributed by atoms with Crippen LogP contribution in [0.1, 0.15) is 61.0 Å². The van der Waals surface area contributed by atoms with Crippen LogP contribution in [-0.2, 0) is 27.4 Å². The molecule has 1 aliphatic heterocycles. The molecule has 1 fully saturated rings. The molecule has 0 unspecified atom stereocenters. The topological polar surface area (TPSA) is 50.4 Å². The number of hydrogen-bond acceptors (Lipinski definition) is 3. The van der Waals surface area contributed by atoms with E-state index < -0.39 is 35.1 Å². The maximum atomic E-state index is 13.3. The van der Waals surface area contributed by atoms with Gasteiger partial charge in [-0.3, -0.25) is 4.79 Å². The standard InChI is InChI=1S/C25H28F6N2O2/c1-17(18-13-20(24(26,27)28)15-21(14-18)25(29,30)31)35-16-23(19-7-3-2-4-8-19)10-6-11-32-22(34)9-5-12-33-23/h2-4,7-8,13-15,17,33H,5-6,9-12,16H2,1H3,(H,32,34)/t17-,23-/m1/s1. The molecule has 0 saturated carbocycles. The lowest BCUT2D eigenvalue weighted by Gasteiger charge is -2.37. The average Bonchev–Trinajstić information content (AvgIpc) is 2.81. The molecule has 0 bridgehead atoms. The largest absolute Gasteiger partial charge is 0.416 e. The first-order valence-electron chi connectivity index (χ1n) is 11.4. The lowest BCUT2D eigenvalue weighted by Crippen LogP contribution is -2.48. The highest BCUT2D eigenvalue weighted by atomic mass is 19.4. The van der Waals surface area contributed by atoms with E-state index in [-0.39, 0.29) is 24.1 Å². The Kier molecular flexibility index (Phi) is 8.48. The van der Waals surface area contributed by atoms with Gasteiger partial charge in [0.1, 0.15) is 0 Å². The first-order valence-corrected chi connectivity index (χ1v) is 11.4. The van der Waals surface area contributed by atoms with Gasteiger partial charge in [-0.05, 0) is 62.1 Å². The van der Waals surface area contributed by atoms with Gasteiger partial charge in [-0.2, -0.15) is 26.3 Å². The fraction of sp³-hybridized carbons (Fsp3) is 0.480. The zero-order valence-corrected chi connectivity index (χ0v) is 19.2. The number of carbonyl (C=O) groups excluding carboxylic acids is 1. The zero-order valence-electron chi connectivity index (χ0n) is 19.2. The summed E-state index contributed by atoms with van der Waals surface area (Å²) < 4.78 is 85.7. The second-order valence-corrected chi connectivity index (χ2v) is 8.72. The third-order valence-electron chi connectivity index (χ3n) is 6.13. The van der Waals surface area contributed by atoms with Crippen LogP contribution in [0.2, 0.25) is 0 Å². The molecular formula is C25H28F6N2O2. The number of amides is 1. The van der Waals surface area contributed by atoms with Crippen molar-refractivity contribution in [2.24, 2.45) is 0 Å². The van der Waals surface area contributed by atoms with E-state index in [1.807, 2.05) is 30.3 Å². The Morgan fingerprint density at radius 3 is 2.17 bits per heavy atom. The molecule has 2 aromatic rings. The SMILES string of the molecule is C[C@@H](OC[C@@]1(c2ccccc2)CCCNC(=O)CCCN1)c1cc(C(F)(F)F)cc(C(F)(F)F)c1. The molecular weight excluding hydrogens is 474 g/mol. The van der Waals surface area contributed by atoms with Crippen molar-refractivity contribution >= 4 is 5.91 Å². The van der Waals surface area contributed by atoms with Gasteiger partial charge in [0.05, 0.1) is 29.4 Å². The molecule has 1 amide bonds. The third-order valence-corrected chi connectivity index (χ3v) is 6.13. The molecule has 0 aromatic heterocycles. The number of alkyl halides is 6. The van der Waals surface area contributed by atoms with Crippen molar-refractivity contribution < 1.29 is 35.9 Å². The summed E-state index contributed by atoms with van der Waals surface area (Å²) >= 11 is 0. The summed E-state index contributed by atoms with van der Waals surface area (Å²) in [6.07, 6.45) is -8.82. The number of halogens is 6. The predicted molar refractivity (Wildman–Crippen MR) is 118 cm³/mol. The van der Waals surface area contributed by atoms with Gasteiger partial charge in [0, 0.05) is 13.0 Å². The predicted octanol–water partition coefficient (Wildman–Crippen LogP) is 5.98. The van der Waals surface area contributed by atoms with Crippen molar-refractivity contribution in [1.82, 2.24) is 10.6 Å². The van der Waals surface area contributed by atoms with E-state index in [2.05, 4.69) is 10.6 Å². The molecule has 3 rings (SSSR count). The minimum Gasteiger partial charge on any atom is -0.372 e. The van der Waals surface area contributed by atoms with E-state index in [1.54, 1.807) is 0 Å². The number of carbonyl (C=O) groups is 1. The Morgan fingerprint density at radius 1 is 0.943 bits per heavy atom. The van der Waals surface area contributed by atoms with Crippen molar-refractivity contribution in [3.63, 3.8) is 0 Å². The van der Waals surface area contributed by atoms with Crippen molar-refractivity contribution in [3.05, 3.63) is 70.8 Å². The van der Waals surface area contributed by atoms with E-state index >= 15 is 0 Å². The molecule has 35 heavy (non-hydrogen) atoms. The van der Waals surface area contributed by atoms with Crippen molar-refractivity contribution in [1.29, 1.82) is 0 Å². The van der Waals surface area contributed by atoms with Crippen molar-refractivity contribution in [3.8, 4) is 0 Å². The van der Waals surface area contributed by atoms with Gasteiger partial charge in [-0.25, -0.2) is 0 Å². The first-order chi connectivity index (χ1) is 16.4. The molecule has 1 aliphatic rings. The van der Waals surface area contributed by atoms with Crippen LogP contribution < -0.4 is 10.6 Å². The molecule has 1 heterocycles. The molecule has 2 aromatic carbocycles. The van der Waals surface area contributed by atoms with Gasteiger partial charge in [-0.15, -0.1) is 0 Å². The monoisotopic (exact) mass is 502 g/mol. The molecule has 0 aliphatic carbocycles. The van der Waals surface area contributed by atoms with Crippen LogP contribution in [-0.4, -0.2) is 25.6 Å². The van der Waals surface area contributed by atoms with E-state index in [4.69, 9.17) is 4.74 Å². The number of hydrogen-bond donors (Lipinski definition) is 2. The average molecular weight is 502 g/mol. The highest BCUT2D eigenvalue weighted by molar-refractivity contribution is 5.75. The van der Waals surface area contributed by atoms with Gasteiger partial charge in [0.25, 0.3) is 0 Å². The lowest BCUT2D eigenvalue weighted by atomic mass is 9.85. The Bertz CT molecular complexity index is 945. The first kappa shape index (κ1) is 27.0. The van der Waals surface area contributed by atoms with Gasteiger partial charge >= 0.3 is 12.4 Å². The maximum absolute atomic E-state index is 13.3. The molecule has 2 atom stereocenters. The van der Waals surface area contributed by atoms with E-state index in [1.165, 1.54) is 6.92 Å². The van der Waals surface area contributed by atoms with Crippen molar-refractivity contribution in [2.75, 3.05) is 19.7 Å². The summed E-state index contributed by atoms with van der Waals surface area (Å²) in [6, 6.07) is 10.9. The number of nitrogens with one attached hydrogen (secondary N) is 2. The van der Waals surface area contributed by atoms with Crippen LogP contribution in [0.25, 0.3) is 0 Å². The fourth-order valence-corrected chi connectivity index (χ4v) is 4.16. The molecule has 4 nitrogen and oxygen atoms in total. The van der Waals surface area contributed by atoms with Gasteiger partial charge < -0.3 is 15.4 Å². The van der Waals surface area contributed by atoms with Crippen LogP contribution >= 0.6 is 0 Å². The third kappa shape index (κ3) is 7.20. The molecule has 192 valence electrons. The van der Waals surface area contributed by atoms with E-state index in [9.17, 15) is 31.1 Å². The summed E-state index contributed by atoms with van der Waals surface area (Å²) in [6.45, 7) is 2.40. The summed E-state index contributed by atoms with van der Waals surface area (Å²) in [5.41, 5.74) is -2.79. The molecule has 0 spiro atoms. The fourth-order valence-electron chi connectivity index (χ4n) is 4.16. The normalized spacial score (nSPS) is 21.3. The molecule has 10 heteroatoms. The Morgan fingerprint density at radius 2 is 1.57 bits per heavy atom. The van der Waals surface area contributed by atoms with E-state index in [0.29, 0.717) is 50.9 Å². The smallest absolute Gasteiger partial charge is 0.372 e.